The van der Waals surface area contributed by atoms with Crippen LogP contribution in [-0.4, -0.2) is 42.9 Å². The minimum absolute atomic E-state index is 0.128. The monoisotopic (exact) mass is 444 g/mol. The van der Waals surface area contributed by atoms with E-state index in [0.29, 0.717) is 13.0 Å². The van der Waals surface area contributed by atoms with Crippen LogP contribution < -0.4 is 15.4 Å². The Bertz CT molecular complexity index is 1170. The lowest BCUT2D eigenvalue weighted by Crippen LogP contribution is -2.42. The van der Waals surface area contributed by atoms with Gasteiger partial charge in [-0.05, 0) is 46.5 Å². The second-order valence-electron chi connectivity index (χ2n) is 7.95. The zero-order valence-corrected chi connectivity index (χ0v) is 18.9. The van der Waals surface area contributed by atoms with Gasteiger partial charge in [0.05, 0.1) is 18.9 Å². The van der Waals surface area contributed by atoms with Gasteiger partial charge in [0.2, 0.25) is 0 Å². The molecule has 0 saturated heterocycles. The molecule has 3 aromatic carbocycles. The minimum Gasteiger partial charge on any atom is -0.497 e. The van der Waals surface area contributed by atoms with Crippen LogP contribution in [0.3, 0.4) is 0 Å². The first-order valence-corrected chi connectivity index (χ1v) is 11.1. The molecule has 0 bridgehead atoms. The third-order valence-electron chi connectivity index (χ3n) is 5.68. The minimum atomic E-state index is -0.357. The molecule has 2 N–H and O–H groups in total. The first-order chi connectivity index (χ1) is 16.1. The van der Waals surface area contributed by atoms with Gasteiger partial charge in [0.25, 0.3) is 5.91 Å². The summed E-state index contributed by atoms with van der Waals surface area (Å²) in [5.74, 6) is 0.484. The van der Waals surface area contributed by atoms with E-state index in [2.05, 4.69) is 34.9 Å². The van der Waals surface area contributed by atoms with Gasteiger partial charge < -0.3 is 15.4 Å². The smallest absolute Gasteiger partial charge is 0.315 e. The summed E-state index contributed by atoms with van der Waals surface area (Å²) in [4.78, 5) is 25.0. The Morgan fingerprint density at radius 3 is 2.52 bits per heavy atom. The fraction of sp³-hybridized carbons (Fsp3) is 0.269. The molecule has 0 radical (unpaired) electrons. The van der Waals surface area contributed by atoms with Crippen LogP contribution in [0.1, 0.15) is 36.9 Å². The highest BCUT2D eigenvalue weighted by molar-refractivity contribution is 6.05. The van der Waals surface area contributed by atoms with E-state index in [1.165, 1.54) is 5.01 Å². The molecule has 0 aliphatic carbocycles. The Morgan fingerprint density at radius 1 is 1.03 bits per heavy atom. The molecular formula is C26H28N4O3. The molecule has 7 heteroatoms. The molecule has 170 valence electrons. The van der Waals surface area contributed by atoms with Crippen molar-refractivity contribution in [1.82, 2.24) is 15.6 Å². The third kappa shape index (κ3) is 5.14. The molecule has 33 heavy (non-hydrogen) atoms. The quantitative estimate of drug-likeness (QED) is 0.572. The molecule has 0 saturated carbocycles. The van der Waals surface area contributed by atoms with E-state index in [9.17, 15) is 9.59 Å². The summed E-state index contributed by atoms with van der Waals surface area (Å²) >= 11 is 0. The number of methoxy groups -OCH3 is 1. The second-order valence-corrected chi connectivity index (χ2v) is 7.95. The van der Waals surface area contributed by atoms with Crippen LogP contribution in [0.25, 0.3) is 10.8 Å². The molecule has 4 rings (SSSR count). The SMILES string of the molecule is CCCNC(=O)NCC(=O)N1N=C(c2ccc3ccccc3c2)CC1c1ccc(OC)cc1. The number of amides is 3. The number of urea groups is 1. The average Bonchev–Trinajstić information content (AvgIpc) is 3.31. The van der Waals surface area contributed by atoms with Crippen molar-refractivity contribution in [1.29, 1.82) is 0 Å². The van der Waals surface area contributed by atoms with Crippen molar-refractivity contribution in [2.24, 2.45) is 5.10 Å². The molecular weight excluding hydrogens is 416 g/mol. The van der Waals surface area contributed by atoms with Gasteiger partial charge in [-0.25, -0.2) is 9.80 Å². The topological polar surface area (TPSA) is 83.0 Å². The van der Waals surface area contributed by atoms with Gasteiger partial charge >= 0.3 is 6.03 Å². The summed E-state index contributed by atoms with van der Waals surface area (Å²) in [5, 5.41) is 13.8. The molecule has 3 amide bonds. The summed E-state index contributed by atoms with van der Waals surface area (Å²) in [5.41, 5.74) is 2.78. The Labute approximate surface area is 193 Å². The van der Waals surface area contributed by atoms with E-state index in [4.69, 9.17) is 9.84 Å². The van der Waals surface area contributed by atoms with Crippen molar-refractivity contribution in [3.8, 4) is 5.75 Å². The summed E-state index contributed by atoms with van der Waals surface area (Å²) < 4.78 is 5.27. The zero-order chi connectivity index (χ0) is 23.2. The van der Waals surface area contributed by atoms with Gasteiger partial charge in [-0.3, -0.25) is 4.79 Å². The van der Waals surface area contributed by atoms with Crippen LogP contribution in [-0.2, 0) is 4.79 Å². The average molecular weight is 445 g/mol. The first-order valence-electron chi connectivity index (χ1n) is 11.1. The predicted octanol–water partition coefficient (Wildman–Crippen LogP) is 4.24. The fourth-order valence-corrected chi connectivity index (χ4v) is 3.91. The van der Waals surface area contributed by atoms with E-state index in [-0.39, 0.29) is 24.5 Å². The number of hydrogen-bond donors (Lipinski definition) is 2. The maximum absolute atomic E-state index is 13.1. The second kappa shape index (κ2) is 10.2. The number of hydrazone groups is 1. The number of ether oxygens (including phenoxy) is 1. The number of carbonyl (C=O) groups excluding carboxylic acids is 2. The Hall–Kier alpha value is -3.87. The summed E-state index contributed by atoms with van der Waals surface area (Å²) in [6.07, 6.45) is 1.41. The van der Waals surface area contributed by atoms with Crippen LogP contribution in [0, 0.1) is 0 Å². The number of rotatable bonds is 7. The third-order valence-corrected chi connectivity index (χ3v) is 5.68. The Morgan fingerprint density at radius 2 is 1.79 bits per heavy atom. The van der Waals surface area contributed by atoms with Gasteiger partial charge in [0.1, 0.15) is 12.3 Å². The van der Waals surface area contributed by atoms with Gasteiger partial charge in [-0.2, -0.15) is 5.10 Å². The molecule has 1 atom stereocenters. The van der Waals surface area contributed by atoms with Crippen molar-refractivity contribution in [3.63, 3.8) is 0 Å². The highest BCUT2D eigenvalue weighted by Gasteiger charge is 2.33. The van der Waals surface area contributed by atoms with Gasteiger partial charge in [-0.15, -0.1) is 0 Å². The molecule has 1 unspecified atom stereocenters. The largest absolute Gasteiger partial charge is 0.497 e. The normalized spacial score (nSPS) is 15.3. The number of fused-ring (bicyclic) bond motifs is 1. The highest BCUT2D eigenvalue weighted by atomic mass is 16.5. The summed E-state index contributed by atoms with van der Waals surface area (Å²) in [6, 6.07) is 21.4. The molecule has 1 heterocycles. The van der Waals surface area contributed by atoms with Gasteiger partial charge in [-0.1, -0.05) is 55.5 Å². The van der Waals surface area contributed by atoms with Crippen LogP contribution >= 0.6 is 0 Å². The van der Waals surface area contributed by atoms with Crippen LogP contribution in [0.2, 0.25) is 0 Å². The number of nitrogens with one attached hydrogen (secondary N) is 2. The molecule has 0 fully saturated rings. The number of hydrogen-bond acceptors (Lipinski definition) is 4. The lowest BCUT2D eigenvalue weighted by Gasteiger charge is -2.22. The molecule has 0 spiro atoms. The maximum atomic E-state index is 13.1. The summed E-state index contributed by atoms with van der Waals surface area (Å²) in [7, 11) is 1.62. The molecule has 7 nitrogen and oxygen atoms in total. The van der Waals surface area contributed by atoms with Crippen LogP contribution in [0.15, 0.2) is 71.8 Å². The van der Waals surface area contributed by atoms with Crippen molar-refractivity contribution in [2.45, 2.75) is 25.8 Å². The van der Waals surface area contributed by atoms with E-state index < -0.39 is 0 Å². The lowest BCUT2D eigenvalue weighted by atomic mass is 9.97. The fourth-order valence-electron chi connectivity index (χ4n) is 3.91. The lowest BCUT2D eigenvalue weighted by molar-refractivity contribution is -0.131. The highest BCUT2D eigenvalue weighted by Crippen LogP contribution is 2.34. The van der Waals surface area contributed by atoms with E-state index >= 15 is 0 Å². The number of carbonyl (C=O) groups is 2. The summed E-state index contributed by atoms with van der Waals surface area (Å²) in [6.45, 7) is 2.40. The van der Waals surface area contributed by atoms with Gasteiger partial charge in [0, 0.05) is 13.0 Å². The standard InChI is InChI=1S/C26H28N4O3/c1-3-14-27-26(32)28-17-25(31)30-24(19-10-12-22(33-2)13-11-19)16-23(29-30)21-9-8-18-6-4-5-7-20(18)15-21/h4-13,15,24H,3,14,16-17H2,1-2H3,(H2,27,28,32). The molecule has 1 aliphatic heterocycles. The molecule has 3 aromatic rings. The van der Waals surface area contributed by atoms with Crippen LogP contribution in [0.4, 0.5) is 4.79 Å². The molecule has 1 aliphatic rings. The van der Waals surface area contributed by atoms with E-state index in [0.717, 1.165) is 39.8 Å². The number of benzene rings is 3. The van der Waals surface area contributed by atoms with E-state index in [1.54, 1.807) is 7.11 Å². The Balaban J connectivity index is 1.59. The van der Waals surface area contributed by atoms with Crippen LogP contribution in [0.5, 0.6) is 5.75 Å². The van der Waals surface area contributed by atoms with Crippen molar-refractivity contribution in [3.05, 3.63) is 77.9 Å². The zero-order valence-electron chi connectivity index (χ0n) is 18.9. The van der Waals surface area contributed by atoms with Gasteiger partial charge in [0.15, 0.2) is 0 Å². The Kier molecular flexibility index (Phi) is 6.88. The van der Waals surface area contributed by atoms with E-state index in [1.807, 2.05) is 49.4 Å². The molecule has 0 aromatic heterocycles. The van der Waals surface area contributed by atoms with Crippen molar-refractivity contribution < 1.29 is 14.3 Å². The maximum Gasteiger partial charge on any atom is 0.315 e. The number of nitrogens with zero attached hydrogens (tertiary/aromatic N) is 2. The van der Waals surface area contributed by atoms with Crippen molar-refractivity contribution >= 4 is 28.4 Å². The predicted molar refractivity (Wildman–Crippen MR) is 129 cm³/mol. The van der Waals surface area contributed by atoms with Crippen molar-refractivity contribution in [2.75, 3.05) is 20.2 Å². The first kappa shape index (κ1) is 22.3.